The Balaban J connectivity index is 1.48. The van der Waals surface area contributed by atoms with Crippen molar-refractivity contribution in [2.75, 3.05) is 23.7 Å². The van der Waals surface area contributed by atoms with Gasteiger partial charge in [0.1, 0.15) is 5.75 Å². The van der Waals surface area contributed by atoms with Crippen molar-refractivity contribution in [3.63, 3.8) is 0 Å². The second-order valence-electron chi connectivity index (χ2n) is 8.81. The van der Waals surface area contributed by atoms with Gasteiger partial charge in [-0.3, -0.25) is 4.79 Å². The number of pyridine rings is 1. The minimum Gasteiger partial charge on any atom is -0.437 e. The van der Waals surface area contributed by atoms with Crippen molar-refractivity contribution in [2.24, 2.45) is 0 Å². The number of ether oxygens (including phenoxy) is 1. The molecule has 0 aliphatic carbocycles. The third-order valence-corrected chi connectivity index (χ3v) is 6.20. The molecule has 37 heavy (non-hydrogen) atoms. The van der Waals surface area contributed by atoms with E-state index in [0.29, 0.717) is 39.6 Å². The summed E-state index contributed by atoms with van der Waals surface area (Å²) in [5.74, 6) is 0.0110. The van der Waals surface area contributed by atoms with Crippen LogP contribution in [0.2, 0.25) is 0 Å². The first-order valence-electron chi connectivity index (χ1n) is 12.0. The highest BCUT2D eigenvalue weighted by Gasteiger charge is 2.19. The molecular formula is C27H26F2N6O2. The van der Waals surface area contributed by atoms with Crippen LogP contribution in [-0.2, 0) is 4.79 Å². The number of aromatic nitrogens is 3. The second-order valence-corrected chi connectivity index (χ2v) is 8.81. The summed E-state index contributed by atoms with van der Waals surface area (Å²) in [6, 6.07) is 14.4. The lowest BCUT2D eigenvalue weighted by molar-refractivity contribution is -0.126. The number of alkyl halides is 2. The molecule has 190 valence electrons. The zero-order chi connectivity index (χ0) is 25.8. The third-order valence-electron chi connectivity index (χ3n) is 6.20. The Bertz CT molecular complexity index is 1430. The molecule has 2 aromatic heterocycles. The smallest absolute Gasteiger partial charge is 0.315 e. The zero-order valence-electron chi connectivity index (χ0n) is 20.2. The van der Waals surface area contributed by atoms with Crippen molar-refractivity contribution in [1.82, 2.24) is 20.3 Å². The van der Waals surface area contributed by atoms with Gasteiger partial charge < -0.3 is 20.7 Å². The summed E-state index contributed by atoms with van der Waals surface area (Å²) in [6.45, 7) is 3.75. The topological polar surface area (TPSA) is 101 Å². The number of amides is 1. The molecule has 1 amide bonds. The van der Waals surface area contributed by atoms with Crippen LogP contribution >= 0.6 is 0 Å². The van der Waals surface area contributed by atoms with E-state index in [9.17, 15) is 13.6 Å². The lowest BCUT2D eigenvalue weighted by atomic mass is 10.0. The van der Waals surface area contributed by atoms with Crippen LogP contribution in [0.25, 0.3) is 22.0 Å². The second kappa shape index (κ2) is 10.8. The van der Waals surface area contributed by atoms with Gasteiger partial charge in [0, 0.05) is 41.4 Å². The van der Waals surface area contributed by atoms with E-state index in [1.165, 1.54) is 0 Å². The molecule has 1 aliphatic heterocycles. The summed E-state index contributed by atoms with van der Waals surface area (Å²) >= 11 is 0. The monoisotopic (exact) mass is 504 g/mol. The first-order valence-corrected chi connectivity index (χ1v) is 12.0. The van der Waals surface area contributed by atoms with E-state index in [0.717, 1.165) is 31.5 Å². The van der Waals surface area contributed by atoms with Gasteiger partial charge in [0.15, 0.2) is 0 Å². The van der Waals surface area contributed by atoms with Gasteiger partial charge in [0.2, 0.25) is 11.8 Å². The number of hydrogen-bond donors (Lipinski definition) is 3. The van der Waals surface area contributed by atoms with Crippen molar-refractivity contribution in [3.8, 4) is 22.9 Å². The molecule has 0 spiro atoms. The molecule has 10 heteroatoms. The van der Waals surface area contributed by atoms with Crippen molar-refractivity contribution in [3.05, 3.63) is 66.5 Å². The van der Waals surface area contributed by atoms with Crippen LogP contribution in [0.4, 0.5) is 20.4 Å². The van der Waals surface area contributed by atoms with Gasteiger partial charge in [0.05, 0.1) is 11.3 Å². The van der Waals surface area contributed by atoms with Crippen molar-refractivity contribution >= 4 is 28.3 Å². The maximum atomic E-state index is 12.8. The molecule has 8 nitrogen and oxygen atoms in total. The van der Waals surface area contributed by atoms with E-state index in [-0.39, 0.29) is 11.7 Å². The van der Waals surface area contributed by atoms with Gasteiger partial charge in [-0.2, -0.15) is 8.78 Å². The van der Waals surface area contributed by atoms with Gasteiger partial charge in [-0.15, -0.1) is 0 Å². The number of rotatable bonds is 7. The molecule has 3 N–H and O–H groups in total. The average molecular weight is 505 g/mol. The Morgan fingerprint density at radius 1 is 1.08 bits per heavy atom. The first-order chi connectivity index (χ1) is 18.0. The molecule has 0 bridgehead atoms. The fourth-order valence-electron chi connectivity index (χ4n) is 4.37. The van der Waals surface area contributed by atoms with E-state index < -0.39 is 12.3 Å². The molecule has 0 radical (unpaired) electrons. The Morgan fingerprint density at radius 3 is 2.78 bits per heavy atom. The number of piperidine rings is 1. The van der Waals surface area contributed by atoms with Crippen LogP contribution < -0.4 is 20.7 Å². The number of anilines is 2. The van der Waals surface area contributed by atoms with Gasteiger partial charge in [-0.1, -0.05) is 24.3 Å². The zero-order valence-corrected chi connectivity index (χ0v) is 20.2. The van der Waals surface area contributed by atoms with E-state index >= 15 is 0 Å². The highest BCUT2D eigenvalue weighted by atomic mass is 19.3. The normalized spacial score (nSPS) is 15.5. The van der Waals surface area contributed by atoms with Gasteiger partial charge >= 0.3 is 6.43 Å². The standard InChI is InChI=1S/C27H26F2N6O2/c1-16-9-10-18-19(6-2-8-21(18)34-25(36)24(28)29)23(16)37-26-20(7-4-13-31-26)22-11-14-32-27(35-22)33-17-5-3-12-30-15-17/h2,4,6-11,13-14,17,24,30H,3,5,12,15H2,1H3,(H,34,36)(H,32,33,35)/t17-/m0/s1. The highest BCUT2D eigenvalue weighted by molar-refractivity contribution is 6.05. The maximum absolute atomic E-state index is 12.8. The molecule has 2 aromatic carbocycles. The van der Waals surface area contributed by atoms with E-state index in [4.69, 9.17) is 9.72 Å². The van der Waals surface area contributed by atoms with Crippen LogP contribution in [0, 0.1) is 6.92 Å². The summed E-state index contributed by atoms with van der Waals surface area (Å²) in [7, 11) is 0. The third kappa shape index (κ3) is 5.49. The Hall–Kier alpha value is -4.18. The number of fused-ring (bicyclic) bond motifs is 1. The van der Waals surface area contributed by atoms with E-state index in [2.05, 4.69) is 25.9 Å². The highest BCUT2D eigenvalue weighted by Crippen LogP contribution is 2.38. The summed E-state index contributed by atoms with van der Waals surface area (Å²) < 4.78 is 32.0. The molecule has 1 saturated heterocycles. The molecule has 0 unspecified atom stereocenters. The molecule has 0 saturated carbocycles. The number of hydrogen-bond acceptors (Lipinski definition) is 7. The van der Waals surface area contributed by atoms with Crippen LogP contribution in [0.5, 0.6) is 11.6 Å². The molecule has 5 rings (SSSR count). The Kier molecular flexibility index (Phi) is 7.18. The summed E-state index contributed by atoms with van der Waals surface area (Å²) in [5.41, 5.74) is 2.41. The molecule has 1 fully saturated rings. The fraction of sp³-hybridized carbons (Fsp3) is 0.259. The van der Waals surface area contributed by atoms with E-state index in [1.54, 1.807) is 42.7 Å². The van der Waals surface area contributed by atoms with Crippen molar-refractivity contribution in [2.45, 2.75) is 32.2 Å². The minimum atomic E-state index is -3.12. The SMILES string of the molecule is Cc1ccc2c(NC(=O)C(F)F)cccc2c1Oc1ncccc1-c1ccnc(N[C@H]2CCCNC2)n1. The lowest BCUT2D eigenvalue weighted by Gasteiger charge is -2.23. The molecule has 4 aromatic rings. The van der Waals surface area contributed by atoms with Crippen molar-refractivity contribution in [1.29, 1.82) is 0 Å². The quantitative estimate of drug-likeness (QED) is 0.320. The maximum Gasteiger partial charge on any atom is 0.315 e. The predicted octanol–water partition coefficient (Wildman–Crippen LogP) is 5.16. The lowest BCUT2D eigenvalue weighted by Crippen LogP contribution is -2.38. The van der Waals surface area contributed by atoms with Crippen LogP contribution in [-0.4, -0.2) is 46.4 Å². The van der Waals surface area contributed by atoms with Crippen molar-refractivity contribution < 1.29 is 18.3 Å². The number of nitrogens with zero attached hydrogens (tertiary/aromatic N) is 3. The largest absolute Gasteiger partial charge is 0.437 e. The van der Waals surface area contributed by atoms with Gasteiger partial charge in [-0.25, -0.2) is 15.0 Å². The first kappa shape index (κ1) is 24.5. The number of carbonyl (C=O) groups is 1. The van der Waals surface area contributed by atoms with Crippen LogP contribution in [0.1, 0.15) is 18.4 Å². The van der Waals surface area contributed by atoms with Crippen LogP contribution in [0.3, 0.4) is 0 Å². The summed E-state index contributed by atoms with van der Waals surface area (Å²) in [5, 5.41) is 10.3. The summed E-state index contributed by atoms with van der Waals surface area (Å²) in [6.07, 6.45) is 2.34. The molecular weight excluding hydrogens is 478 g/mol. The van der Waals surface area contributed by atoms with Gasteiger partial charge in [0.25, 0.3) is 5.91 Å². The molecule has 1 atom stereocenters. The number of nitrogens with one attached hydrogen (secondary N) is 3. The summed E-state index contributed by atoms with van der Waals surface area (Å²) in [4.78, 5) is 25.2. The minimum absolute atomic E-state index is 0.256. The van der Waals surface area contributed by atoms with Gasteiger partial charge in [-0.05, 0) is 56.1 Å². The Morgan fingerprint density at radius 2 is 1.97 bits per heavy atom. The fourth-order valence-corrected chi connectivity index (χ4v) is 4.37. The number of carbonyl (C=O) groups excluding carboxylic acids is 1. The molecule has 3 heterocycles. The predicted molar refractivity (Wildman–Crippen MR) is 138 cm³/mol. The Labute approximate surface area is 212 Å². The average Bonchev–Trinajstić information content (AvgIpc) is 2.91. The number of aryl methyl sites for hydroxylation is 1. The number of benzene rings is 2. The number of halogens is 2. The molecule has 1 aliphatic rings. The van der Waals surface area contributed by atoms with Crippen LogP contribution in [0.15, 0.2) is 60.9 Å². The van der Waals surface area contributed by atoms with E-state index in [1.807, 2.05) is 25.1 Å².